The minimum Gasteiger partial charge on any atom is -0.382 e. The molecule has 0 saturated carbocycles. The number of benzene rings is 1. The molecule has 3 N–H and O–H groups in total. The summed E-state index contributed by atoms with van der Waals surface area (Å²) < 4.78 is 14.6. The van der Waals surface area contributed by atoms with Crippen LogP contribution in [0.15, 0.2) is 42.9 Å². The van der Waals surface area contributed by atoms with Gasteiger partial charge in [-0.1, -0.05) is 12.1 Å². The molecular weight excluding hydrogens is 245 g/mol. The van der Waals surface area contributed by atoms with E-state index < -0.39 is 0 Å². The lowest BCUT2D eigenvalue weighted by Gasteiger charge is -2.08. The van der Waals surface area contributed by atoms with Crippen molar-refractivity contribution in [2.24, 2.45) is 0 Å². The first-order chi connectivity index (χ1) is 9.22. The van der Waals surface area contributed by atoms with Crippen molar-refractivity contribution in [3.8, 4) is 0 Å². The highest BCUT2D eigenvalue weighted by Gasteiger charge is 2.05. The number of fused-ring (bicyclic) bond motifs is 1. The molecule has 0 bridgehead atoms. The highest BCUT2D eigenvalue weighted by atomic mass is 19.1. The fraction of sp³-hybridized carbons (Fsp3) is 0.0769. The SMILES string of the molecule is Nc1cn2ccnc2c(NCc2ccc(F)cc2)n1. The standard InChI is InChI=1S/C13H12FN5/c14-10-3-1-9(2-4-10)7-17-12-13-16-5-6-19(13)8-11(15)18-12/h1-6,8H,7,15H2,(H,17,18). The summed E-state index contributed by atoms with van der Waals surface area (Å²) in [6.07, 6.45) is 5.18. The van der Waals surface area contributed by atoms with Gasteiger partial charge in [-0.25, -0.2) is 14.4 Å². The highest BCUT2D eigenvalue weighted by molar-refractivity contribution is 5.64. The molecule has 2 aromatic heterocycles. The summed E-state index contributed by atoms with van der Waals surface area (Å²) in [5, 5.41) is 3.15. The van der Waals surface area contributed by atoms with E-state index in [4.69, 9.17) is 5.73 Å². The molecule has 0 atom stereocenters. The lowest BCUT2D eigenvalue weighted by molar-refractivity contribution is 0.627. The van der Waals surface area contributed by atoms with Crippen molar-refractivity contribution in [3.63, 3.8) is 0 Å². The summed E-state index contributed by atoms with van der Waals surface area (Å²) in [4.78, 5) is 8.42. The molecule has 0 spiro atoms. The fourth-order valence-electron chi connectivity index (χ4n) is 1.86. The lowest BCUT2D eigenvalue weighted by atomic mass is 10.2. The maximum atomic E-state index is 12.8. The molecule has 0 amide bonds. The molecule has 0 fully saturated rings. The predicted molar refractivity (Wildman–Crippen MR) is 71.1 cm³/mol. The van der Waals surface area contributed by atoms with Crippen molar-refractivity contribution in [2.75, 3.05) is 11.1 Å². The van der Waals surface area contributed by atoms with Gasteiger partial charge in [0, 0.05) is 18.9 Å². The van der Waals surface area contributed by atoms with Crippen LogP contribution in [0.2, 0.25) is 0 Å². The van der Waals surface area contributed by atoms with E-state index in [1.165, 1.54) is 12.1 Å². The third-order valence-corrected chi connectivity index (χ3v) is 2.77. The molecule has 0 aliphatic rings. The van der Waals surface area contributed by atoms with Gasteiger partial charge in [-0.05, 0) is 17.7 Å². The Balaban J connectivity index is 1.85. The van der Waals surface area contributed by atoms with Crippen LogP contribution in [0.1, 0.15) is 5.56 Å². The van der Waals surface area contributed by atoms with Crippen LogP contribution in [0.5, 0.6) is 0 Å². The molecule has 2 heterocycles. The number of hydrogen-bond acceptors (Lipinski definition) is 4. The highest BCUT2D eigenvalue weighted by Crippen LogP contribution is 2.15. The van der Waals surface area contributed by atoms with E-state index in [2.05, 4.69) is 15.3 Å². The molecule has 0 aliphatic heterocycles. The van der Waals surface area contributed by atoms with Crippen LogP contribution >= 0.6 is 0 Å². The summed E-state index contributed by atoms with van der Waals surface area (Å²) >= 11 is 0. The van der Waals surface area contributed by atoms with Gasteiger partial charge < -0.3 is 15.5 Å². The Bertz CT molecular complexity index is 705. The van der Waals surface area contributed by atoms with Crippen LogP contribution in [0, 0.1) is 5.82 Å². The number of imidazole rings is 1. The zero-order chi connectivity index (χ0) is 13.2. The Morgan fingerprint density at radius 2 is 2.05 bits per heavy atom. The molecular formula is C13H12FN5. The van der Waals surface area contributed by atoms with Crippen LogP contribution in [-0.2, 0) is 6.54 Å². The van der Waals surface area contributed by atoms with E-state index in [1.54, 1.807) is 35.1 Å². The first-order valence-corrected chi connectivity index (χ1v) is 5.80. The van der Waals surface area contributed by atoms with E-state index in [-0.39, 0.29) is 5.82 Å². The van der Waals surface area contributed by atoms with Gasteiger partial charge in [0.15, 0.2) is 11.5 Å². The summed E-state index contributed by atoms with van der Waals surface area (Å²) in [5.41, 5.74) is 7.38. The first kappa shape index (κ1) is 11.5. The van der Waals surface area contributed by atoms with Crippen LogP contribution in [0.3, 0.4) is 0 Å². The third kappa shape index (κ3) is 2.33. The van der Waals surface area contributed by atoms with Gasteiger partial charge in [-0.15, -0.1) is 0 Å². The van der Waals surface area contributed by atoms with Crippen LogP contribution < -0.4 is 11.1 Å². The van der Waals surface area contributed by atoms with Gasteiger partial charge in [0.2, 0.25) is 0 Å². The molecule has 0 radical (unpaired) electrons. The maximum absolute atomic E-state index is 12.8. The van der Waals surface area contributed by atoms with Crippen molar-refractivity contribution in [3.05, 3.63) is 54.2 Å². The van der Waals surface area contributed by atoms with Crippen LogP contribution in [-0.4, -0.2) is 14.4 Å². The normalized spacial score (nSPS) is 10.8. The molecule has 0 saturated heterocycles. The van der Waals surface area contributed by atoms with E-state index in [0.717, 1.165) is 5.56 Å². The van der Waals surface area contributed by atoms with Crippen LogP contribution in [0.4, 0.5) is 16.0 Å². The van der Waals surface area contributed by atoms with E-state index >= 15 is 0 Å². The number of rotatable bonds is 3. The Hall–Kier alpha value is -2.63. The zero-order valence-corrected chi connectivity index (χ0v) is 10.0. The predicted octanol–water partition coefficient (Wildman–Crippen LogP) is 2.06. The molecule has 96 valence electrons. The average molecular weight is 257 g/mol. The second kappa shape index (κ2) is 4.56. The maximum Gasteiger partial charge on any atom is 0.180 e. The Morgan fingerprint density at radius 3 is 2.84 bits per heavy atom. The molecule has 3 rings (SSSR count). The smallest absolute Gasteiger partial charge is 0.180 e. The number of nitrogen functional groups attached to an aromatic ring is 1. The molecule has 3 aromatic rings. The largest absolute Gasteiger partial charge is 0.382 e. The quantitative estimate of drug-likeness (QED) is 0.753. The van der Waals surface area contributed by atoms with Crippen molar-refractivity contribution >= 4 is 17.3 Å². The number of nitrogens with zero attached hydrogens (tertiary/aromatic N) is 3. The van der Waals surface area contributed by atoms with Crippen LogP contribution in [0.25, 0.3) is 5.65 Å². The monoisotopic (exact) mass is 257 g/mol. The molecule has 6 heteroatoms. The van der Waals surface area contributed by atoms with E-state index in [1.807, 2.05) is 0 Å². The molecule has 1 aromatic carbocycles. The third-order valence-electron chi connectivity index (χ3n) is 2.77. The van der Waals surface area contributed by atoms with Gasteiger partial charge in [0.1, 0.15) is 11.6 Å². The Labute approximate surface area is 108 Å². The summed E-state index contributed by atoms with van der Waals surface area (Å²) in [6, 6.07) is 6.29. The van der Waals surface area contributed by atoms with Gasteiger partial charge >= 0.3 is 0 Å². The van der Waals surface area contributed by atoms with E-state index in [9.17, 15) is 4.39 Å². The second-order valence-electron chi connectivity index (χ2n) is 4.15. The Kier molecular flexibility index (Phi) is 2.75. The molecule has 19 heavy (non-hydrogen) atoms. The van der Waals surface area contributed by atoms with Gasteiger partial charge in [0.25, 0.3) is 0 Å². The first-order valence-electron chi connectivity index (χ1n) is 5.80. The topological polar surface area (TPSA) is 68.2 Å². The van der Waals surface area contributed by atoms with Gasteiger partial charge in [-0.3, -0.25) is 0 Å². The van der Waals surface area contributed by atoms with Crippen molar-refractivity contribution in [1.82, 2.24) is 14.4 Å². The summed E-state index contributed by atoms with van der Waals surface area (Å²) in [6.45, 7) is 0.527. The summed E-state index contributed by atoms with van der Waals surface area (Å²) in [5.74, 6) is 0.767. The number of nitrogens with one attached hydrogen (secondary N) is 1. The number of nitrogens with two attached hydrogens (primary N) is 1. The molecule has 0 aliphatic carbocycles. The second-order valence-corrected chi connectivity index (χ2v) is 4.15. The van der Waals surface area contributed by atoms with E-state index in [0.29, 0.717) is 23.8 Å². The van der Waals surface area contributed by atoms with Gasteiger partial charge in [0.05, 0.1) is 6.20 Å². The van der Waals surface area contributed by atoms with Crippen molar-refractivity contribution in [1.29, 1.82) is 0 Å². The number of halogens is 1. The number of aromatic nitrogens is 3. The minimum atomic E-state index is -0.249. The Morgan fingerprint density at radius 1 is 1.26 bits per heavy atom. The minimum absolute atomic E-state index is 0.249. The summed E-state index contributed by atoms with van der Waals surface area (Å²) in [7, 11) is 0. The lowest BCUT2D eigenvalue weighted by Crippen LogP contribution is -2.06. The number of anilines is 2. The molecule has 5 nitrogen and oxygen atoms in total. The number of hydrogen-bond donors (Lipinski definition) is 2. The van der Waals surface area contributed by atoms with Crippen molar-refractivity contribution in [2.45, 2.75) is 6.54 Å². The van der Waals surface area contributed by atoms with Gasteiger partial charge in [-0.2, -0.15) is 0 Å². The zero-order valence-electron chi connectivity index (χ0n) is 10.0. The van der Waals surface area contributed by atoms with Crippen molar-refractivity contribution < 1.29 is 4.39 Å². The average Bonchev–Trinajstić information content (AvgIpc) is 2.85. The fourth-order valence-corrected chi connectivity index (χ4v) is 1.86. The molecule has 0 unspecified atom stereocenters.